The van der Waals surface area contributed by atoms with Crippen molar-refractivity contribution < 1.29 is 15.0 Å². The van der Waals surface area contributed by atoms with E-state index in [0.717, 1.165) is 16.5 Å². The van der Waals surface area contributed by atoms with E-state index < -0.39 is 24.5 Å². The molecule has 6 heteroatoms. The number of anilines is 1. The van der Waals surface area contributed by atoms with Gasteiger partial charge in [-0.05, 0) is 36.6 Å². The SMILES string of the molecule is CC(CO)(CO)C(=O)Nc1cccc(N=Nc2cccc3ccccc23)c1. The molecule has 0 saturated carbocycles. The van der Waals surface area contributed by atoms with Gasteiger partial charge in [0, 0.05) is 11.1 Å². The predicted molar refractivity (Wildman–Crippen MR) is 105 cm³/mol. The molecule has 6 nitrogen and oxygen atoms in total. The number of aliphatic hydroxyl groups is 2. The number of nitrogens with one attached hydrogen (secondary N) is 1. The number of fused-ring (bicyclic) bond motifs is 1. The first kappa shape index (κ1) is 18.7. The highest BCUT2D eigenvalue weighted by molar-refractivity contribution is 5.95. The molecule has 27 heavy (non-hydrogen) atoms. The highest BCUT2D eigenvalue weighted by Crippen LogP contribution is 2.28. The second kappa shape index (κ2) is 8.07. The molecule has 0 spiro atoms. The Balaban J connectivity index is 1.81. The third kappa shape index (κ3) is 4.19. The van der Waals surface area contributed by atoms with Gasteiger partial charge in [0.25, 0.3) is 0 Å². The van der Waals surface area contributed by atoms with E-state index in [1.807, 2.05) is 42.5 Å². The Bertz CT molecular complexity index is 976. The van der Waals surface area contributed by atoms with Crippen molar-refractivity contribution in [3.05, 3.63) is 66.7 Å². The summed E-state index contributed by atoms with van der Waals surface area (Å²) < 4.78 is 0. The van der Waals surface area contributed by atoms with Gasteiger partial charge in [-0.3, -0.25) is 4.79 Å². The van der Waals surface area contributed by atoms with Crippen molar-refractivity contribution in [2.75, 3.05) is 18.5 Å². The molecule has 0 unspecified atom stereocenters. The summed E-state index contributed by atoms with van der Waals surface area (Å²) in [4.78, 5) is 12.2. The second-order valence-corrected chi connectivity index (χ2v) is 6.58. The maximum absolute atomic E-state index is 12.2. The van der Waals surface area contributed by atoms with Gasteiger partial charge in [0.15, 0.2) is 0 Å². The van der Waals surface area contributed by atoms with Crippen LogP contribution in [0.4, 0.5) is 17.1 Å². The van der Waals surface area contributed by atoms with Crippen molar-refractivity contribution in [2.24, 2.45) is 15.6 Å². The molecular formula is C21H21N3O3. The van der Waals surface area contributed by atoms with Gasteiger partial charge in [-0.15, -0.1) is 5.11 Å². The molecular weight excluding hydrogens is 342 g/mol. The molecule has 0 fully saturated rings. The fourth-order valence-electron chi connectivity index (χ4n) is 2.53. The number of hydrogen-bond acceptors (Lipinski definition) is 5. The lowest BCUT2D eigenvalue weighted by Crippen LogP contribution is -2.39. The standard InChI is InChI=1S/C21H21N3O3/c1-21(13-25,14-26)20(27)22-16-8-5-9-17(12-16)23-24-19-11-4-7-15-6-2-3-10-18(15)19/h2-12,25-26H,13-14H2,1H3,(H,22,27). The van der Waals surface area contributed by atoms with Crippen LogP contribution in [-0.2, 0) is 4.79 Å². The molecule has 0 radical (unpaired) electrons. The largest absolute Gasteiger partial charge is 0.395 e. The summed E-state index contributed by atoms with van der Waals surface area (Å²) in [5.74, 6) is -0.462. The molecule has 0 bridgehead atoms. The van der Waals surface area contributed by atoms with E-state index in [4.69, 9.17) is 0 Å². The molecule has 0 saturated heterocycles. The third-order valence-electron chi connectivity index (χ3n) is 4.39. The Kier molecular flexibility index (Phi) is 5.59. The fraction of sp³-hybridized carbons (Fsp3) is 0.190. The zero-order valence-electron chi connectivity index (χ0n) is 15.0. The third-order valence-corrected chi connectivity index (χ3v) is 4.39. The second-order valence-electron chi connectivity index (χ2n) is 6.58. The van der Waals surface area contributed by atoms with Crippen molar-refractivity contribution in [2.45, 2.75) is 6.92 Å². The molecule has 3 N–H and O–H groups in total. The monoisotopic (exact) mass is 363 g/mol. The Morgan fingerprint density at radius 3 is 2.44 bits per heavy atom. The van der Waals surface area contributed by atoms with Crippen LogP contribution in [0.5, 0.6) is 0 Å². The number of nitrogens with zero attached hydrogens (tertiary/aromatic N) is 2. The van der Waals surface area contributed by atoms with Crippen LogP contribution in [-0.4, -0.2) is 29.3 Å². The minimum atomic E-state index is -1.25. The van der Waals surface area contributed by atoms with Crippen LogP contribution in [0.3, 0.4) is 0 Å². The highest BCUT2D eigenvalue weighted by atomic mass is 16.3. The summed E-state index contributed by atoms with van der Waals surface area (Å²) in [6.45, 7) is 0.595. The van der Waals surface area contributed by atoms with Crippen LogP contribution in [0.1, 0.15) is 6.92 Å². The molecule has 3 aromatic carbocycles. The van der Waals surface area contributed by atoms with Crippen LogP contribution in [0.15, 0.2) is 77.0 Å². The van der Waals surface area contributed by atoms with Crippen molar-refractivity contribution in [3.63, 3.8) is 0 Å². The minimum Gasteiger partial charge on any atom is -0.395 e. The molecule has 0 aliphatic rings. The van der Waals surface area contributed by atoms with Crippen LogP contribution < -0.4 is 5.32 Å². The van der Waals surface area contributed by atoms with Gasteiger partial charge in [-0.1, -0.05) is 42.5 Å². The van der Waals surface area contributed by atoms with E-state index in [0.29, 0.717) is 11.4 Å². The first-order valence-electron chi connectivity index (χ1n) is 8.58. The zero-order chi connectivity index (χ0) is 19.3. The first-order chi connectivity index (χ1) is 13.1. The smallest absolute Gasteiger partial charge is 0.234 e. The van der Waals surface area contributed by atoms with E-state index in [1.54, 1.807) is 24.3 Å². The molecule has 3 rings (SSSR count). The Hall–Kier alpha value is -3.09. The number of carbonyl (C=O) groups excluding carboxylic acids is 1. The normalized spacial score (nSPS) is 11.8. The van der Waals surface area contributed by atoms with E-state index >= 15 is 0 Å². The van der Waals surface area contributed by atoms with E-state index in [-0.39, 0.29) is 0 Å². The van der Waals surface area contributed by atoms with Crippen molar-refractivity contribution >= 4 is 33.7 Å². The van der Waals surface area contributed by atoms with Crippen LogP contribution >= 0.6 is 0 Å². The van der Waals surface area contributed by atoms with E-state index in [9.17, 15) is 15.0 Å². The molecule has 0 aromatic heterocycles. The Labute approximate surface area is 157 Å². The molecule has 0 aliphatic carbocycles. The number of rotatable bonds is 6. The molecule has 138 valence electrons. The van der Waals surface area contributed by atoms with Gasteiger partial charge >= 0.3 is 0 Å². The van der Waals surface area contributed by atoms with Crippen LogP contribution in [0.25, 0.3) is 10.8 Å². The predicted octanol–water partition coefficient (Wildman–Crippen LogP) is 4.18. The summed E-state index contributed by atoms with van der Waals surface area (Å²) in [5, 5.41) is 32.1. The average molecular weight is 363 g/mol. The topological polar surface area (TPSA) is 94.3 Å². The van der Waals surface area contributed by atoms with E-state index in [1.165, 1.54) is 6.92 Å². The quantitative estimate of drug-likeness (QED) is 0.573. The van der Waals surface area contributed by atoms with Crippen molar-refractivity contribution in [1.82, 2.24) is 0 Å². The lowest BCUT2D eigenvalue weighted by molar-refractivity contribution is -0.129. The minimum absolute atomic E-state index is 0.449. The van der Waals surface area contributed by atoms with Crippen molar-refractivity contribution in [3.8, 4) is 0 Å². The van der Waals surface area contributed by atoms with Crippen molar-refractivity contribution in [1.29, 1.82) is 0 Å². The molecule has 3 aromatic rings. The van der Waals surface area contributed by atoms with Gasteiger partial charge in [-0.25, -0.2) is 0 Å². The molecule has 0 aliphatic heterocycles. The number of amides is 1. The summed E-state index contributed by atoms with van der Waals surface area (Å²) in [6.07, 6.45) is 0. The van der Waals surface area contributed by atoms with Gasteiger partial charge in [0.2, 0.25) is 5.91 Å². The molecule has 1 amide bonds. The zero-order valence-corrected chi connectivity index (χ0v) is 15.0. The summed E-state index contributed by atoms with van der Waals surface area (Å²) in [6, 6.07) is 20.7. The lowest BCUT2D eigenvalue weighted by Gasteiger charge is -2.23. The summed E-state index contributed by atoms with van der Waals surface area (Å²) in [5.41, 5.74) is 0.606. The lowest BCUT2D eigenvalue weighted by atomic mass is 9.92. The summed E-state index contributed by atoms with van der Waals surface area (Å²) >= 11 is 0. The number of carbonyl (C=O) groups is 1. The highest BCUT2D eigenvalue weighted by Gasteiger charge is 2.31. The Morgan fingerprint density at radius 2 is 1.67 bits per heavy atom. The first-order valence-corrected chi connectivity index (χ1v) is 8.58. The van der Waals surface area contributed by atoms with Gasteiger partial charge in [0.1, 0.15) is 0 Å². The van der Waals surface area contributed by atoms with Crippen LogP contribution in [0.2, 0.25) is 0 Å². The number of azo groups is 1. The Morgan fingerprint density at radius 1 is 0.963 bits per heavy atom. The number of benzene rings is 3. The van der Waals surface area contributed by atoms with Gasteiger partial charge in [0.05, 0.1) is 30.0 Å². The van der Waals surface area contributed by atoms with Gasteiger partial charge < -0.3 is 15.5 Å². The maximum Gasteiger partial charge on any atom is 0.234 e. The van der Waals surface area contributed by atoms with Crippen LogP contribution in [0, 0.1) is 5.41 Å². The molecule has 0 atom stereocenters. The number of aliphatic hydroxyl groups excluding tert-OH is 2. The van der Waals surface area contributed by atoms with Gasteiger partial charge in [-0.2, -0.15) is 5.11 Å². The molecule has 0 heterocycles. The maximum atomic E-state index is 12.2. The summed E-state index contributed by atoms with van der Waals surface area (Å²) in [7, 11) is 0. The number of hydrogen-bond donors (Lipinski definition) is 3. The average Bonchev–Trinajstić information content (AvgIpc) is 2.71. The fourth-order valence-corrected chi connectivity index (χ4v) is 2.53. The van der Waals surface area contributed by atoms with E-state index in [2.05, 4.69) is 15.5 Å².